The molecule has 0 amide bonds. The number of esters is 1. The van der Waals surface area contributed by atoms with Crippen LogP contribution in [0.5, 0.6) is 0 Å². The van der Waals surface area contributed by atoms with Gasteiger partial charge in [0.25, 0.3) is 0 Å². The Hall–Kier alpha value is -1.51. The van der Waals surface area contributed by atoms with E-state index in [1.807, 2.05) is 18.2 Å². The lowest BCUT2D eigenvalue weighted by Crippen LogP contribution is -2.51. The smallest absolute Gasteiger partial charge is 0.331 e. The van der Waals surface area contributed by atoms with Gasteiger partial charge in [-0.1, -0.05) is 32.0 Å². The second-order valence-electron chi connectivity index (χ2n) is 6.68. The first-order valence-corrected chi connectivity index (χ1v) is 7.31. The van der Waals surface area contributed by atoms with Crippen molar-refractivity contribution >= 4 is 11.7 Å². The maximum Gasteiger partial charge on any atom is 0.331 e. The zero-order valence-corrected chi connectivity index (χ0v) is 13.0. The van der Waals surface area contributed by atoms with Crippen LogP contribution in [-0.2, 0) is 9.53 Å². The van der Waals surface area contributed by atoms with E-state index in [1.165, 1.54) is 7.11 Å². The van der Waals surface area contributed by atoms with Gasteiger partial charge in [0.15, 0.2) is 0 Å². The molecule has 1 aliphatic rings. The van der Waals surface area contributed by atoms with Crippen molar-refractivity contribution < 1.29 is 9.53 Å². The molecule has 0 unspecified atom stereocenters. The van der Waals surface area contributed by atoms with E-state index < -0.39 is 5.54 Å². The molecule has 0 aliphatic heterocycles. The van der Waals surface area contributed by atoms with Crippen molar-refractivity contribution in [2.24, 2.45) is 5.41 Å². The van der Waals surface area contributed by atoms with Crippen LogP contribution in [0.4, 0.5) is 5.69 Å². The van der Waals surface area contributed by atoms with Gasteiger partial charge < -0.3 is 10.1 Å². The van der Waals surface area contributed by atoms with Crippen molar-refractivity contribution in [3.05, 3.63) is 29.8 Å². The van der Waals surface area contributed by atoms with Gasteiger partial charge >= 0.3 is 5.97 Å². The van der Waals surface area contributed by atoms with Gasteiger partial charge in [-0.05, 0) is 49.7 Å². The molecule has 1 aliphatic carbocycles. The Labute approximate surface area is 121 Å². The Morgan fingerprint density at radius 2 is 1.75 bits per heavy atom. The minimum absolute atomic E-state index is 0.142. The zero-order chi connectivity index (χ0) is 14.8. The fourth-order valence-electron chi connectivity index (χ4n) is 2.90. The molecule has 1 saturated carbocycles. The van der Waals surface area contributed by atoms with E-state index in [-0.39, 0.29) is 5.97 Å². The first kappa shape index (κ1) is 14.9. The van der Waals surface area contributed by atoms with Gasteiger partial charge in [0.1, 0.15) is 5.54 Å². The lowest BCUT2D eigenvalue weighted by atomic mass is 9.69. The molecular formula is C17H25NO2. The zero-order valence-electron chi connectivity index (χ0n) is 13.0. The monoisotopic (exact) mass is 275 g/mol. The number of ether oxygens (including phenoxy) is 1. The standard InChI is InChI=1S/C17H25NO2/c1-13-7-5-6-8-14(13)18-17(15(19)20-4)11-9-16(2,3)10-12-17/h5-8,18H,9-12H2,1-4H3. The second-order valence-corrected chi connectivity index (χ2v) is 6.68. The number of hydrogen-bond acceptors (Lipinski definition) is 3. The Morgan fingerprint density at radius 3 is 2.30 bits per heavy atom. The van der Waals surface area contributed by atoms with Gasteiger partial charge in [0, 0.05) is 5.69 Å². The van der Waals surface area contributed by atoms with E-state index in [1.54, 1.807) is 0 Å². The van der Waals surface area contributed by atoms with Crippen LogP contribution in [0.1, 0.15) is 45.1 Å². The average Bonchev–Trinajstić information content (AvgIpc) is 2.43. The molecule has 3 heteroatoms. The summed E-state index contributed by atoms with van der Waals surface area (Å²) in [6.45, 7) is 6.59. The predicted molar refractivity (Wildman–Crippen MR) is 81.8 cm³/mol. The van der Waals surface area contributed by atoms with Crippen LogP contribution < -0.4 is 5.32 Å². The number of carbonyl (C=O) groups is 1. The van der Waals surface area contributed by atoms with E-state index in [2.05, 4.69) is 32.2 Å². The Morgan fingerprint density at radius 1 is 1.15 bits per heavy atom. The fourth-order valence-corrected chi connectivity index (χ4v) is 2.90. The van der Waals surface area contributed by atoms with Gasteiger partial charge in [-0.25, -0.2) is 4.79 Å². The fraction of sp³-hybridized carbons (Fsp3) is 0.588. The Balaban J connectivity index is 2.26. The molecule has 0 heterocycles. The van der Waals surface area contributed by atoms with E-state index in [0.717, 1.165) is 36.9 Å². The summed E-state index contributed by atoms with van der Waals surface area (Å²) < 4.78 is 5.07. The number of para-hydroxylation sites is 1. The highest BCUT2D eigenvalue weighted by Crippen LogP contribution is 2.42. The van der Waals surface area contributed by atoms with Crippen LogP contribution in [0.25, 0.3) is 0 Å². The molecule has 1 N–H and O–H groups in total. The molecular weight excluding hydrogens is 250 g/mol. The third-order valence-electron chi connectivity index (χ3n) is 4.55. The number of anilines is 1. The number of methoxy groups -OCH3 is 1. The average molecular weight is 275 g/mol. The largest absolute Gasteiger partial charge is 0.467 e. The van der Waals surface area contributed by atoms with Crippen molar-refractivity contribution in [1.29, 1.82) is 0 Å². The highest BCUT2D eigenvalue weighted by atomic mass is 16.5. The lowest BCUT2D eigenvalue weighted by Gasteiger charge is -2.42. The van der Waals surface area contributed by atoms with Crippen molar-refractivity contribution in [3.63, 3.8) is 0 Å². The number of benzene rings is 1. The van der Waals surface area contributed by atoms with Crippen molar-refractivity contribution in [1.82, 2.24) is 0 Å². The molecule has 0 bridgehead atoms. The van der Waals surface area contributed by atoms with Crippen LogP contribution in [0.2, 0.25) is 0 Å². The number of nitrogens with one attached hydrogen (secondary N) is 1. The molecule has 0 spiro atoms. The highest BCUT2D eigenvalue weighted by molar-refractivity contribution is 5.85. The minimum atomic E-state index is -0.573. The molecule has 0 atom stereocenters. The summed E-state index contributed by atoms with van der Waals surface area (Å²) >= 11 is 0. The maximum absolute atomic E-state index is 12.3. The maximum atomic E-state index is 12.3. The summed E-state index contributed by atoms with van der Waals surface area (Å²) in [6.07, 6.45) is 3.70. The number of hydrogen-bond donors (Lipinski definition) is 1. The SMILES string of the molecule is COC(=O)C1(Nc2ccccc2C)CCC(C)(C)CC1. The summed E-state index contributed by atoms with van der Waals surface area (Å²) in [6, 6.07) is 8.09. The second kappa shape index (κ2) is 5.47. The molecule has 20 heavy (non-hydrogen) atoms. The van der Waals surface area contributed by atoms with Gasteiger partial charge in [0.2, 0.25) is 0 Å². The summed E-state index contributed by atoms with van der Waals surface area (Å²) in [7, 11) is 1.48. The summed E-state index contributed by atoms with van der Waals surface area (Å²) in [4.78, 5) is 12.3. The number of carbonyl (C=O) groups excluding carboxylic acids is 1. The summed E-state index contributed by atoms with van der Waals surface area (Å²) in [5.74, 6) is -0.142. The minimum Gasteiger partial charge on any atom is -0.467 e. The van der Waals surface area contributed by atoms with E-state index in [0.29, 0.717) is 5.41 Å². The topological polar surface area (TPSA) is 38.3 Å². The Bertz CT molecular complexity index is 484. The molecule has 0 aromatic heterocycles. The van der Waals surface area contributed by atoms with Crippen LogP contribution in [0.3, 0.4) is 0 Å². The molecule has 0 radical (unpaired) electrons. The third kappa shape index (κ3) is 2.97. The first-order valence-electron chi connectivity index (χ1n) is 7.31. The quantitative estimate of drug-likeness (QED) is 0.850. The van der Waals surface area contributed by atoms with Crippen LogP contribution in [0.15, 0.2) is 24.3 Å². The van der Waals surface area contributed by atoms with Crippen molar-refractivity contribution in [3.8, 4) is 0 Å². The molecule has 0 saturated heterocycles. The lowest BCUT2D eigenvalue weighted by molar-refractivity contribution is -0.148. The number of aryl methyl sites for hydroxylation is 1. The van der Waals surface area contributed by atoms with Gasteiger partial charge in [-0.2, -0.15) is 0 Å². The van der Waals surface area contributed by atoms with Crippen LogP contribution in [-0.4, -0.2) is 18.6 Å². The third-order valence-corrected chi connectivity index (χ3v) is 4.55. The van der Waals surface area contributed by atoms with E-state index in [4.69, 9.17) is 4.74 Å². The van der Waals surface area contributed by atoms with E-state index >= 15 is 0 Å². The van der Waals surface area contributed by atoms with Crippen molar-refractivity contribution in [2.45, 2.75) is 52.0 Å². The van der Waals surface area contributed by atoms with E-state index in [9.17, 15) is 4.79 Å². The molecule has 110 valence electrons. The molecule has 2 rings (SSSR count). The normalized spacial score (nSPS) is 20.2. The molecule has 3 nitrogen and oxygen atoms in total. The predicted octanol–water partition coefficient (Wildman–Crippen LogP) is 3.92. The first-order chi connectivity index (χ1) is 9.38. The van der Waals surface area contributed by atoms with Gasteiger partial charge in [0.05, 0.1) is 7.11 Å². The number of rotatable bonds is 3. The molecule has 1 aromatic carbocycles. The Kier molecular flexibility index (Phi) is 4.07. The summed E-state index contributed by atoms with van der Waals surface area (Å²) in [5, 5.41) is 3.48. The van der Waals surface area contributed by atoms with Crippen molar-refractivity contribution in [2.75, 3.05) is 12.4 Å². The van der Waals surface area contributed by atoms with Crippen LogP contribution in [0, 0.1) is 12.3 Å². The highest BCUT2D eigenvalue weighted by Gasteiger charge is 2.45. The van der Waals surface area contributed by atoms with Gasteiger partial charge in [-0.3, -0.25) is 0 Å². The molecule has 1 fully saturated rings. The van der Waals surface area contributed by atoms with Crippen LogP contribution >= 0.6 is 0 Å². The molecule has 1 aromatic rings. The summed E-state index contributed by atoms with van der Waals surface area (Å²) in [5.41, 5.74) is 1.92. The van der Waals surface area contributed by atoms with Gasteiger partial charge in [-0.15, -0.1) is 0 Å².